The molecular formula is C26H21F3N2O2S. The van der Waals surface area contributed by atoms with Crippen molar-refractivity contribution in [1.29, 1.82) is 0 Å². The first-order chi connectivity index (χ1) is 16.1. The summed E-state index contributed by atoms with van der Waals surface area (Å²) in [5.74, 6) is -1.03. The molecule has 1 heterocycles. The van der Waals surface area contributed by atoms with Gasteiger partial charge in [0.1, 0.15) is 0 Å². The van der Waals surface area contributed by atoms with Crippen molar-refractivity contribution < 1.29 is 22.8 Å². The summed E-state index contributed by atoms with van der Waals surface area (Å²) >= 11 is 1.54. The van der Waals surface area contributed by atoms with Gasteiger partial charge in [-0.3, -0.25) is 9.59 Å². The molecule has 0 radical (unpaired) electrons. The molecule has 4 nitrogen and oxygen atoms in total. The van der Waals surface area contributed by atoms with Crippen molar-refractivity contribution in [2.45, 2.75) is 19.5 Å². The van der Waals surface area contributed by atoms with Gasteiger partial charge in [0.05, 0.1) is 12.1 Å². The Hall–Kier alpha value is -3.65. The summed E-state index contributed by atoms with van der Waals surface area (Å²) in [4.78, 5) is 24.3. The van der Waals surface area contributed by atoms with Gasteiger partial charge in [0, 0.05) is 21.6 Å². The van der Waals surface area contributed by atoms with Gasteiger partial charge in [-0.25, -0.2) is 0 Å². The molecule has 174 valence electrons. The maximum atomic E-state index is 13.1. The van der Waals surface area contributed by atoms with Crippen LogP contribution in [0.1, 0.15) is 31.9 Å². The lowest BCUT2D eigenvalue weighted by atomic mass is 9.99. The molecule has 2 amide bonds. The lowest BCUT2D eigenvalue weighted by Gasteiger charge is -2.08. The highest BCUT2D eigenvalue weighted by Crippen LogP contribution is 2.39. The topological polar surface area (TPSA) is 72.2 Å². The number of alkyl halides is 3. The van der Waals surface area contributed by atoms with Crippen molar-refractivity contribution in [3.63, 3.8) is 0 Å². The van der Waals surface area contributed by atoms with Crippen LogP contribution in [0.25, 0.3) is 21.2 Å². The predicted octanol–water partition coefficient (Wildman–Crippen LogP) is 5.70. The van der Waals surface area contributed by atoms with E-state index in [1.807, 2.05) is 31.2 Å². The van der Waals surface area contributed by atoms with Gasteiger partial charge >= 0.3 is 6.18 Å². The molecule has 0 aliphatic carbocycles. The highest BCUT2D eigenvalue weighted by atomic mass is 32.1. The number of benzene rings is 3. The molecule has 0 aliphatic rings. The normalized spacial score (nSPS) is 11.5. The number of amides is 2. The fraction of sp³-hybridized carbons (Fsp3) is 0.154. The average molecular weight is 483 g/mol. The highest BCUT2D eigenvalue weighted by molar-refractivity contribution is 7.19. The van der Waals surface area contributed by atoms with Crippen molar-refractivity contribution >= 4 is 33.2 Å². The van der Waals surface area contributed by atoms with Gasteiger partial charge < -0.3 is 11.1 Å². The number of thiophene rings is 1. The van der Waals surface area contributed by atoms with Gasteiger partial charge in [-0.05, 0) is 52.8 Å². The van der Waals surface area contributed by atoms with E-state index in [2.05, 4.69) is 5.32 Å². The fourth-order valence-electron chi connectivity index (χ4n) is 3.83. The largest absolute Gasteiger partial charge is 0.416 e. The van der Waals surface area contributed by atoms with Gasteiger partial charge in [0.25, 0.3) is 5.91 Å². The Morgan fingerprint density at radius 3 is 2.47 bits per heavy atom. The number of hydrogen-bond donors (Lipinski definition) is 2. The predicted molar refractivity (Wildman–Crippen MR) is 128 cm³/mol. The number of hydrogen-bond acceptors (Lipinski definition) is 3. The quantitative estimate of drug-likeness (QED) is 0.370. The van der Waals surface area contributed by atoms with Crippen molar-refractivity contribution in [1.82, 2.24) is 5.32 Å². The van der Waals surface area contributed by atoms with Gasteiger partial charge in [0.15, 0.2) is 0 Å². The second-order valence-corrected chi connectivity index (χ2v) is 9.04. The Labute approximate surface area is 198 Å². The SMILES string of the molecule is Cc1c(Cc2cccc(C(F)(F)F)c2)sc2c(-c3cccc(C(=O)NCC(N)=O)c3)cccc12. The van der Waals surface area contributed by atoms with Crippen LogP contribution in [0, 0.1) is 6.92 Å². The van der Waals surface area contributed by atoms with Crippen molar-refractivity contribution in [2.24, 2.45) is 5.73 Å². The number of nitrogens with two attached hydrogens (primary N) is 1. The zero-order valence-corrected chi connectivity index (χ0v) is 19.0. The molecule has 4 rings (SSSR count). The molecular weight excluding hydrogens is 461 g/mol. The number of nitrogens with one attached hydrogen (secondary N) is 1. The van der Waals surface area contributed by atoms with Gasteiger partial charge in [0.2, 0.25) is 5.91 Å². The van der Waals surface area contributed by atoms with Crippen LogP contribution in [0.15, 0.2) is 66.7 Å². The van der Waals surface area contributed by atoms with Crippen molar-refractivity contribution in [2.75, 3.05) is 6.54 Å². The first-order valence-corrected chi connectivity index (χ1v) is 11.3. The third-order valence-corrected chi connectivity index (χ3v) is 6.88. The second-order valence-electron chi connectivity index (χ2n) is 7.94. The first kappa shape index (κ1) is 23.5. The molecule has 3 N–H and O–H groups in total. The van der Waals surface area contributed by atoms with Gasteiger partial charge in [-0.15, -0.1) is 11.3 Å². The van der Waals surface area contributed by atoms with Crippen LogP contribution in [0.5, 0.6) is 0 Å². The Balaban J connectivity index is 1.70. The third-order valence-electron chi connectivity index (χ3n) is 5.54. The number of rotatable bonds is 6. The standard InChI is InChI=1S/C26H21F3N2O2S/c1-15-20-9-4-10-21(17-6-3-7-18(13-17)25(33)31-14-23(30)32)24(20)34-22(15)12-16-5-2-8-19(11-16)26(27,28)29/h2-11,13H,12,14H2,1H3,(H2,30,32)(H,31,33). The summed E-state index contributed by atoms with van der Waals surface area (Å²) in [5.41, 5.74) is 8.20. The summed E-state index contributed by atoms with van der Waals surface area (Å²) in [5, 5.41) is 3.50. The maximum Gasteiger partial charge on any atom is 0.416 e. The molecule has 8 heteroatoms. The van der Waals surface area contributed by atoms with E-state index in [1.165, 1.54) is 23.5 Å². The summed E-state index contributed by atoms with van der Waals surface area (Å²) in [7, 11) is 0. The zero-order chi connectivity index (χ0) is 24.5. The fourth-order valence-corrected chi connectivity index (χ4v) is 5.20. The van der Waals surface area contributed by atoms with Crippen molar-refractivity contribution in [3.8, 4) is 11.1 Å². The molecule has 1 aromatic heterocycles. The zero-order valence-electron chi connectivity index (χ0n) is 18.2. The molecule has 0 atom stereocenters. The van der Waals surface area contributed by atoms with Crippen LogP contribution in [0.3, 0.4) is 0 Å². The van der Waals surface area contributed by atoms with E-state index in [0.717, 1.165) is 37.7 Å². The van der Waals surface area contributed by atoms with E-state index in [0.29, 0.717) is 17.5 Å². The van der Waals surface area contributed by atoms with Crippen LogP contribution < -0.4 is 11.1 Å². The van der Waals surface area contributed by atoms with E-state index in [9.17, 15) is 22.8 Å². The number of carbonyl (C=O) groups is 2. The minimum absolute atomic E-state index is 0.248. The van der Waals surface area contributed by atoms with E-state index in [1.54, 1.807) is 24.3 Å². The minimum Gasteiger partial charge on any atom is -0.368 e. The summed E-state index contributed by atoms with van der Waals surface area (Å²) < 4.78 is 40.4. The molecule has 0 spiro atoms. The summed E-state index contributed by atoms with van der Waals surface area (Å²) in [6, 6.07) is 18.3. The monoisotopic (exact) mass is 482 g/mol. The first-order valence-electron chi connectivity index (χ1n) is 10.5. The Kier molecular flexibility index (Phi) is 6.43. The van der Waals surface area contributed by atoms with Crippen molar-refractivity contribution in [3.05, 3.63) is 93.9 Å². The summed E-state index contributed by atoms with van der Waals surface area (Å²) in [6.07, 6.45) is -3.99. The highest BCUT2D eigenvalue weighted by Gasteiger charge is 2.30. The Bertz CT molecular complexity index is 1390. The Morgan fingerprint density at radius 1 is 1.00 bits per heavy atom. The molecule has 0 bridgehead atoms. The molecule has 0 unspecified atom stereocenters. The van der Waals surface area contributed by atoms with Crippen LogP contribution in [-0.4, -0.2) is 18.4 Å². The van der Waals surface area contributed by atoms with Gasteiger partial charge in [-0.1, -0.05) is 48.5 Å². The van der Waals surface area contributed by atoms with E-state index in [-0.39, 0.29) is 6.54 Å². The second kappa shape index (κ2) is 9.30. The van der Waals surface area contributed by atoms with Gasteiger partial charge in [-0.2, -0.15) is 13.2 Å². The third kappa shape index (κ3) is 4.97. The number of fused-ring (bicyclic) bond motifs is 1. The molecule has 0 saturated heterocycles. The van der Waals surface area contributed by atoms with Crippen LogP contribution in [0.2, 0.25) is 0 Å². The number of halogens is 3. The molecule has 0 aliphatic heterocycles. The van der Waals surface area contributed by atoms with E-state index >= 15 is 0 Å². The maximum absolute atomic E-state index is 13.1. The minimum atomic E-state index is -4.38. The lowest BCUT2D eigenvalue weighted by Crippen LogP contribution is -2.33. The molecule has 3 aromatic carbocycles. The Morgan fingerprint density at radius 2 is 1.74 bits per heavy atom. The molecule has 0 fully saturated rings. The summed E-state index contributed by atoms with van der Waals surface area (Å²) in [6.45, 7) is 1.72. The van der Waals surface area contributed by atoms with Crippen LogP contribution in [0.4, 0.5) is 13.2 Å². The van der Waals surface area contributed by atoms with E-state index < -0.39 is 23.6 Å². The molecule has 34 heavy (non-hydrogen) atoms. The molecule has 0 saturated carbocycles. The molecule has 4 aromatic rings. The average Bonchev–Trinajstić information content (AvgIpc) is 3.12. The van der Waals surface area contributed by atoms with Crippen LogP contribution in [-0.2, 0) is 17.4 Å². The number of primary amides is 1. The number of aryl methyl sites for hydroxylation is 1. The van der Waals surface area contributed by atoms with E-state index in [4.69, 9.17) is 5.73 Å². The van der Waals surface area contributed by atoms with Crippen LogP contribution >= 0.6 is 11.3 Å². The number of carbonyl (C=O) groups excluding carboxylic acids is 2. The lowest BCUT2D eigenvalue weighted by molar-refractivity contribution is -0.137. The smallest absolute Gasteiger partial charge is 0.368 e.